The molecule has 1 aliphatic heterocycles. The Morgan fingerprint density at radius 1 is 1.11 bits per heavy atom. The van der Waals surface area contributed by atoms with Crippen LogP contribution in [0.5, 0.6) is 0 Å². The highest BCUT2D eigenvalue weighted by molar-refractivity contribution is 5.25. The van der Waals surface area contributed by atoms with Gasteiger partial charge >= 0.3 is 0 Å². The van der Waals surface area contributed by atoms with E-state index in [4.69, 9.17) is 0 Å². The van der Waals surface area contributed by atoms with E-state index < -0.39 is 0 Å². The summed E-state index contributed by atoms with van der Waals surface area (Å²) in [5, 5.41) is 9.04. The molecule has 142 valence electrons. The van der Waals surface area contributed by atoms with Crippen LogP contribution in [0, 0.1) is 13.8 Å². The molecule has 6 heteroatoms. The first-order chi connectivity index (χ1) is 13.1. The Kier molecular flexibility index (Phi) is 5.07. The zero-order chi connectivity index (χ0) is 18.8. The van der Waals surface area contributed by atoms with E-state index in [1.165, 1.54) is 24.0 Å². The van der Waals surface area contributed by atoms with Gasteiger partial charge in [-0.15, -0.1) is 10.2 Å². The molecule has 0 N–H and O–H groups in total. The second-order valence-electron chi connectivity index (χ2n) is 7.64. The summed E-state index contributed by atoms with van der Waals surface area (Å²) in [7, 11) is 2.09. The van der Waals surface area contributed by atoms with Gasteiger partial charge in [0, 0.05) is 38.4 Å². The van der Waals surface area contributed by atoms with Crippen molar-refractivity contribution in [2.45, 2.75) is 45.7 Å². The molecule has 27 heavy (non-hydrogen) atoms. The maximum Gasteiger partial charge on any atom is 0.152 e. The Labute approximate surface area is 160 Å². The number of aromatic nitrogens is 5. The monoisotopic (exact) mass is 364 g/mol. The van der Waals surface area contributed by atoms with Gasteiger partial charge in [-0.05, 0) is 44.4 Å². The lowest BCUT2D eigenvalue weighted by Crippen LogP contribution is -2.35. The molecule has 3 heterocycles. The van der Waals surface area contributed by atoms with Gasteiger partial charge in [-0.2, -0.15) is 0 Å². The Hall–Kier alpha value is -2.47. The van der Waals surface area contributed by atoms with E-state index in [9.17, 15) is 0 Å². The van der Waals surface area contributed by atoms with Gasteiger partial charge in [0.05, 0.1) is 6.54 Å². The van der Waals surface area contributed by atoms with Crippen LogP contribution >= 0.6 is 0 Å². The van der Waals surface area contributed by atoms with E-state index >= 15 is 0 Å². The first-order valence-corrected chi connectivity index (χ1v) is 9.74. The topological polar surface area (TPSA) is 51.8 Å². The fourth-order valence-electron chi connectivity index (χ4n) is 4.03. The number of benzene rings is 1. The molecule has 0 radical (unpaired) electrons. The quantitative estimate of drug-likeness (QED) is 0.698. The van der Waals surface area contributed by atoms with Gasteiger partial charge in [0.25, 0.3) is 0 Å². The third kappa shape index (κ3) is 3.81. The number of piperidine rings is 1. The lowest BCUT2D eigenvalue weighted by Gasteiger charge is -2.32. The van der Waals surface area contributed by atoms with Crippen LogP contribution in [0.2, 0.25) is 0 Å². The SMILES string of the molecule is Cc1ccccc1CN1CCCC(c2nnc(Cn3ccnc3C)n2C)C1. The van der Waals surface area contributed by atoms with Crippen molar-refractivity contribution in [2.75, 3.05) is 13.1 Å². The molecule has 0 bridgehead atoms. The molecule has 6 nitrogen and oxygen atoms in total. The molecule has 0 aliphatic carbocycles. The number of imidazole rings is 1. The predicted molar refractivity (Wildman–Crippen MR) is 106 cm³/mol. The second kappa shape index (κ2) is 7.64. The minimum Gasteiger partial charge on any atom is -0.328 e. The summed E-state index contributed by atoms with van der Waals surface area (Å²) >= 11 is 0. The van der Waals surface area contributed by atoms with Crippen molar-refractivity contribution >= 4 is 0 Å². The zero-order valence-electron chi connectivity index (χ0n) is 16.5. The number of aryl methyl sites for hydroxylation is 2. The fraction of sp³-hybridized carbons (Fsp3) is 0.476. The Morgan fingerprint density at radius 2 is 1.96 bits per heavy atom. The Bertz CT molecular complexity index is 909. The van der Waals surface area contributed by atoms with Crippen molar-refractivity contribution in [3.8, 4) is 0 Å². The van der Waals surface area contributed by atoms with Crippen LogP contribution in [0.1, 0.15) is 47.4 Å². The lowest BCUT2D eigenvalue weighted by molar-refractivity contribution is 0.194. The molecule has 0 saturated carbocycles. The average Bonchev–Trinajstić information content (AvgIpc) is 3.24. The van der Waals surface area contributed by atoms with Crippen molar-refractivity contribution in [2.24, 2.45) is 7.05 Å². The molecule has 1 aliphatic rings. The first kappa shape index (κ1) is 17.9. The summed E-state index contributed by atoms with van der Waals surface area (Å²) in [6, 6.07) is 8.69. The van der Waals surface area contributed by atoms with Gasteiger partial charge < -0.3 is 9.13 Å². The van der Waals surface area contributed by atoms with E-state index in [0.717, 1.165) is 43.7 Å². The molecule has 3 aromatic rings. The second-order valence-corrected chi connectivity index (χ2v) is 7.64. The summed E-state index contributed by atoms with van der Waals surface area (Å²) in [5.41, 5.74) is 2.80. The minimum atomic E-state index is 0.443. The molecule has 1 unspecified atom stereocenters. The van der Waals surface area contributed by atoms with Gasteiger partial charge in [-0.3, -0.25) is 4.90 Å². The number of hydrogen-bond acceptors (Lipinski definition) is 4. The van der Waals surface area contributed by atoms with Crippen molar-refractivity contribution in [1.29, 1.82) is 0 Å². The van der Waals surface area contributed by atoms with Crippen LogP contribution in [0.4, 0.5) is 0 Å². The molecular formula is C21H28N6. The summed E-state index contributed by atoms with van der Waals surface area (Å²) in [4.78, 5) is 6.86. The molecule has 0 amide bonds. The largest absolute Gasteiger partial charge is 0.328 e. The van der Waals surface area contributed by atoms with Crippen LogP contribution in [0.3, 0.4) is 0 Å². The van der Waals surface area contributed by atoms with Crippen LogP contribution < -0.4 is 0 Å². The van der Waals surface area contributed by atoms with Gasteiger partial charge in [0.2, 0.25) is 0 Å². The molecular weight excluding hydrogens is 336 g/mol. The van der Waals surface area contributed by atoms with E-state index in [0.29, 0.717) is 5.92 Å². The summed E-state index contributed by atoms with van der Waals surface area (Å²) < 4.78 is 4.29. The van der Waals surface area contributed by atoms with Crippen LogP contribution in [0.15, 0.2) is 36.7 Å². The van der Waals surface area contributed by atoms with E-state index in [-0.39, 0.29) is 0 Å². The van der Waals surface area contributed by atoms with Crippen molar-refractivity contribution in [3.63, 3.8) is 0 Å². The smallest absolute Gasteiger partial charge is 0.152 e. The number of nitrogens with zero attached hydrogens (tertiary/aromatic N) is 6. The highest BCUT2D eigenvalue weighted by Crippen LogP contribution is 2.27. The van der Waals surface area contributed by atoms with Crippen molar-refractivity contribution < 1.29 is 0 Å². The van der Waals surface area contributed by atoms with Crippen LogP contribution in [-0.4, -0.2) is 42.3 Å². The standard InChI is InChI=1S/C21H28N6/c1-16-7-4-5-8-18(16)13-26-11-6-9-19(14-26)21-24-23-20(25(21)3)15-27-12-10-22-17(27)2/h4-5,7-8,10,12,19H,6,9,11,13-15H2,1-3H3. The number of likely N-dealkylation sites (tertiary alicyclic amines) is 1. The summed E-state index contributed by atoms with van der Waals surface area (Å²) in [6.07, 6.45) is 6.21. The van der Waals surface area contributed by atoms with E-state index in [2.05, 4.69) is 67.5 Å². The molecule has 1 fully saturated rings. The summed E-state index contributed by atoms with van der Waals surface area (Å²) in [6.45, 7) is 8.15. The molecule has 1 saturated heterocycles. The predicted octanol–water partition coefficient (Wildman–Crippen LogP) is 3.06. The molecule has 2 aromatic heterocycles. The Morgan fingerprint density at radius 3 is 2.74 bits per heavy atom. The van der Waals surface area contributed by atoms with Crippen LogP contribution in [0.25, 0.3) is 0 Å². The summed E-state index contributed by atoms with van der Waals surface area (Å²) in [5.74, 6) is 3.54. The molecule has 4 rings (SSSR count). The molecule has 1 atom stereocenters. The molecule has 1 aromatic carbocycles. The van der Waals surface area contributed by atoms with E-state index in [1.54, 1.807) is 0 Å². The maximum absolute atomic E-state index is 4.56. The van der Waals surface area contributed by atoms with Crippen molar-refractivity contribution in [1.82, 2.24) is 29.2 Å². The first-order valence-electron chi connectivity index (χ1n) is 9.74. The zero-order valence-corrected chi connectivity index (χ0v) is 16.5. The van der Waals surface area contributed by atoms with Crippen LogP contribution in [-0.2, 0) is 20.1 Å². The van der Waals surface area contributed by atoms with Gasteiger partial charge in [-0.1, -0.05) is 24.3 Å². The average molecular weight is 364 g/mol. The fourth-order valence-corrected chi connectivity index (χ4v) is 4.03. The lowest BCUT2D eigenvalue weighted by atomic mass is 9.96. The maximum atomic E-state index is 4.56. The highest BCUT2D eigenvalue weighted by atomic mass is 15.3. The van der Waals surface area contributed by atoms with Crippen molar-refractivity contribution in [3.05, 3.63) is 65.3 Å². The number of rotatable bonds is 5. The normalized spacial score (nSPS) is 18.1. The minimum absolute atomic E-state index is 0.443. The highest BCUT2D eigenvalue weighted by Gasteiger charge is 2.26. The van der Waals surface area contributed by atoms with Gasteiger partial charge in [0.1, 0.15) is 11.6 Å². The van der Waals surface area contributed by atoms with Gasteiger partial charge in [-0.25, -0.2) is 4.98 Å². The molecule has 0 spiro atoms. The van der Waals surface area contributed by atoms with E-state index in [1.807, 2.05) is 19.3 Å². The third-order valence-corrected chi connectivity index (χ3v) is 5.76. The Balaban J connectivity index is 1.47. The van der Waals surface area contributed by atoms with Gasteiger partial charge in [0.15, 0.2) is 5.82 Å². The third-order valence-electron chi connectivity index (χ3n) is 5.76. The number of hydrogen-bond donors (Lipinski definition) is 0.